The van der Waals surface area contributed by atoms with Gasteiger partial charge in [-0.3, -0.25) is 14.4 Å². The number of para-hydroxylation sites is 1. The molecule has 1 atom stereocenters. The zero-order valence-corrected chi connectivity index (χ0v) is 17.2. The first-order valence-corrected chi connectivity index (χ1v) is 9.86. The monoisotopic (exact) mass is 400 g/mol. The van der Waals surface area contributed by atoms with E-state index in [4.69, 9.17) is 4.74 Å². The summed E-state index contributed by atoms with van der Waals surface area (Å²) in [5.41, 5.74) is 0.410. The number of hydrogen-bond donors (Lipinski definition) is 2. The highest BCUT2D eigenvalue weighted by Crippen LogP contribution is 2.31. The third-order valence-electron chi connectivity index (χ3n) is 5.40. The summed E-state index contributed by atoms with van der Waals surface area (Å²) in [4.78, 5) is 39.7. The molecule has 2 N–H and O–H groups in total. The number of amides is 3. The minimum atomic E-state index is -1.09. The number of rotatable bonds is 8. The van der Waals surface area contributed by atoms with Gasteiger partial charge < -0.3 is 24.8 Å². The summed E-state index contributed by atoms with van der Waals surface area (Å²) in [6.07, 6.45) is 0.704. The van der Waals surface area contributed by atoms with Crippen LogP contribution >= 0.6 is 0 Å². The number of benzene rings is 1. The van der Waals surface area contributed by atoms with Gasteiger partial charge in [-0.1, -0.05) is 18.2 Å². The van der Waals surface area contributed by atoms with Gasteiger partial charge in [-0.25, -0.2) is 0 Å². The lowest BCUT2D eigenvalue weighted by Crippen LogP contribution is -2.64. The van der Waals surface area contributed by atoms with Crippen molar-refractivity contribution in [1.82, 2.24) is 20.1 Å². The Kier molecular flexibility index (Phi) is 6.22. The molecule has 0 saturated heterocycles. The third kappa shape index (κ3) is 3.98. The van der Waals surface area contributed by atoms with Gasteiger partial charge in [-0.15, -0.1) is 0 Å². The molecule has 2 aromatic rings. The number of carbonyl (C=O) groups excluding carboxylic acids is 3. The van der Waals surface area contributed by atoms with Crippen LogP contribution < -0.4 is 10.6 Å². The van der Waals surface area contributed by atoms with Crippen molar-refractivity contribution in [3.05, 3.63) is 36.0 Å². The Bertz CT molecular complexity index is 923. The predicted octanol–water partition coefficient (Wildman–Crippen LogP) is 1.14. The SMILES string of the molecule is CCN1C(=O)c2cc3ccccc3n2CC1(C)C(=O)NCC(=O)NCCCOC. The van der Waals surface area contributed by atoms with Crippen LogP contribution in [0.15, 0.2) is 30.3 Å². The lowest BCUT2D eigenvalue weighted by atomic mass is 9.95. The van der Waals surface area contributed by atoms with Crippen molar-refractivity contribution < 1.29 is 19.1 Å². The summed E-state index contributed by atoms with van der Waals surface area (Å²) in [7, 11) is 1.60. The van der Waals surface area contributed by atoms with Gasteiger partial charge in [-0.05, 0) is 32.4 Å². The van der Waals surface area contributed by atoms with Gasteiger partial charge in [0.25, 0.3) is 5.91 Å². The van der Waals surface area contributed by atoms with Crippen molar-refractivity contribution in [2.24, 2.45) is 0 Å². The number of fused-ring (bicyclic) bond motifs is 3. The maximum atomic E-state index is 13.1. The molecule has 8 heteroatoms. The van der Waals surface area contributed by atoms with Crippen molar-refractivity contribution in [3.63, 3.8) is 0 Å². The summed E-state index contributed by atoms with van der Waals surface area (Å²) in [5.74, 6) is -0.796. The van der Waals surface area contributed by atoms with Crippen LogP contribution in [0.4, 0.5) is 0 Å². The average Bonchev–Trinajstić information content (AvgIpc) is 3.08. The lowest BCUT2D eigenvalue weighted by molar-refractivity contribution is -0.134. The van der Waals surface area contributed by atoms with Gasteiger partial charge in [0.1, 0.15) is 11.2 Å². The number of aromatic nitrogens is 1. The van der Waals surface area contributed by atoms with E-state index in [1.807, 2.05) is 41.8 Å². The largest absolute Gasteiger partial charge is 0.385 e. The van der Waals surface area contributed by atoms with E-state index in [1.54, 1.807) is 18.9 Å². The molecule has 156 valence electrons. The summed E-state index contributed by atoms with van der Waals surface area (Å²) in [6, 6.07) is 9.60. The van der Waals surface area contributed by atoms with E-state index in [0.717, 1.165) is 10.9 Å². The molecule has 0 aliphatic carbocycles. The number of nitrogens with zero attached hydrogens (tertiary/aromatic N) is 2. The third-order valence-corrected chi connectivity index (χ3v) is 5.40. The van der Waals surface area contributed by atoms with E-state index in [0.29, 0.717) is 38.4 Å². The van der Waals surface area contributed by atoms with Crippen molar-refractivity contribution >= 4 is 28.6 Å². The van der Waals surface area contributed by atoms with Crippen LogP contribution in [0.3, 0.4) is 0 Å². The number of ether oxygens (including phenoxy) is 1. The first-order valence-electron chi connectivity index (χ1n) is 9.86. The van der Waals surface area contributed by atoms with Crippen LogP contribution in [0.2, 0.25) is 0 Å². The number of hydrogen-bond acceptors (Lipinski definition) is 4. The van der Waals surface area contributed by atoms with E-state index in [1.165, 1.54) is 0 Å². The highest BCUT2D eigenvalue weighted by Gasteiger charge is 2.46. The second-order valence-electron chi connectivity index (χ2n) is 7.38. The number of carbonyl (C=O) groups is 3. The smallest absolute Gasteiger partial charge is 0.271 e. The lowest BCUT2D eigenvalue weighted by Gasteiger charge is -2.43. The Morgan fingerprint density at radius 2 is 2.00 bits per heavy atom. The molecule has 29 heavy (non-hydrogen) atoms. The molecule has 1 aromatic heterocycles. The highest BCUT2D eigenvalue weighted by molar-refractivity contribution is 6.04. The van der Waals surface area contributed by atoms with Gasteiger partial charge in [-0.2, -0.15) is 0 Å². The van der Waals surface area contributed by atoms with E-state index < -0.39 is 5.54 Å². The van der Waals surface area contributed by atoms with Crippen LogP contribution in [0, 0.1) is 0 Å². The Balaban J connectivity index is 1.76. The zero-order valence-electron chi connectivity index (χ0n) is 17.2. The Morgan fingerprint density at radius 3 is 2.72 bits per heavy atom. The zero-order chi connectivity index (χ0) is 21.0. The summed E-state index contributed by atoms with van der Waals surface area (Å²) in [5, 5.41) is 6.40. The second kappa shape index (κ2) is 8.65. The van der Waals surface area contributed by atoms with Crippen LogP contribution in [0.5, 0.6) is 0 Å². The molecule has 0 bridgehead atoms. The quantitative estimate of drug-likeness (QED) is 0.650. The standard InChI is InChI=1S/C21H28N4O4/c1-4-25-19(27)17-12-15-8-5-6-9-16(15)24(17)14-21(25,2)20(28)23-13-18(26)22-10-7-11-29-3/h5-6,8-9,12H,4,7,10-11,13-14H2,1-3H3,(H,22,26)(H,23,28). The molecule has 0 spiro atoms. The van der Waals surface area contributed by atoms with E-state index in [-0.39, 0.29) is 24.3 Å². The normalized spacial score (nSPS) is 18.6. The molecule has 3 rings (SSSR count). The van der Waals surface area contributed by atoms with Gasteiger partial charge in [0.15, 0.2) is 0 Å². The molecular formula is C21H28N4O4. The fourth-order valence-electron chi connectivity index (χ4n) is 3.86. The molecule has 1 aromatic carbocycles. The molecule has 1 aliphatic rings. The molecule has 8 nitrogen and oxygen atoms in total. The van der Waals surface area contributed by atoms with E-state index in [9.17, 15) is 14.4 Å². The van der Waals surface area contributed by atoms with Crippen molar-refractivity contribution in [1.29, 1.82) is 0 Å². The fourth-order valence-corrected chi connectivity index (χ4v) is 3.86. The summed E-state index contributed by atoms with van der Waals surface area (Å²) in [6.45, 7) is 5.24. The van der Waals surface area contributed by atoms with Crippen LogP contribution in [-0.4, -0.2) is 66.1 Å². The van der Waals surface area contributed by atoms with Gasteiger partial charge in [0.05, 0.1) is 13.1 Å². The second-order valence-corrected chi connectivity index (χ2v) is 7.38. The molecule has 0 fully saturated rings. The Morgan fingerprint density at radius 1 is 1.24 bits per heavy atom. The maximum absolute atomic E-state index is 13.1. The number of methoxy groups -OCH3 is 1. The topological polar surface area (TPSA) is 92.7 Å². The van der Waals surface area contributed by atoms with E-state index >= 15 is 0 Å². The Hall–Kier alpha value is -2.87. The summed E-state index contributed by atoms with van der Waals surface area (Å²) < 4.78 is 6.84. The molecule has 0 saturated carbocycles. The fraction of sp³-hybridized carbons (Fsp3) is 0.476. The predicted molar refractivity (Wildman–Crippen MR) is 110 cm³/mol. The van der Waals surface area contributed by atoms with Crippen molar-refractivity contribution in [2.75, 3.05) is 33.4 Å². The van der Waals surface area contributed by atoms with Crippen LogP contribution in [0.25, 0.3) is 10.9 Å². The molecular weight excluding hydrogens is 372 g/mol. The van der Waals surface area contributed by atoms with Gasteiger partial charge in [0.2, 0.25) is 11.8 Å². The van der Waals surface area contributed by atoms with Gasteiger partial charge in [0, 0.05) is 37.7 Å². The molecule has 0 radical (unpaired) electrons. The van der Waals surface area contributed by atoms with E-state index in [2.05, 4.69) is 10.6 Å². The summed E-state index contributed by atoms with van der Waals surface area (Å²) >= 11 is 0. The highest BCUT2D eigenvalue weighted by atomic mass is 16.5. The first-order chi connectivity index (χ1) is 13.9. The average molecular weight is 400 g/mol. The minimum Gasteiger partial charge on any atom is -0.385 e. The van der Waals surface area contributed by atoms with Crippen LogP contribution in [-0.2, 0) is 20.9 Å². The number of nitrogens with one attached hydrogen (secondary N) is 2. The molecule has 1 aliphatic heterocycles. The number of likely N-dealkylation sites (N-methyl/N-ethyl adjacent to an activating group) is 1. The van der Waals surface area contributed by atoms with Gasteiger partial charge >= 0.3 is 0 Å². The maximum Gasteiger partial charge on any atom is 0.271 e. The molecule has 2 heterocycles. The first kappa shape index (κ1) is 20.9. The Labute approximate surface area is 170 Å². The van der Waals surface area contributed by atoms with Crippen LogP contribution in [0.1, 0.15) is 30.8 Å². The minimum absolute atomic E-state index is 0.133. The molecule has 1 unspecified atom stereocenters. The van der Waals surface area contributed by atoms with Crippen molar-refractivity contribution in [3.8, 4) is 0 Å². The molecule has 3 amide bonds. The van der Waals surface area contributed by atoms with Crippen molar-refractivity contribution in [2.45, 2.75) is 32.4 Å².